The third kappa shape index (κ3) is 3.20. The molecule has 0 unspecified atom stereocenters. The summed E-state index contributed by atoms with van der Waals surface area (Å²) in [4.78, 5) is 0. The second-order valence-corrected chi connectivity index (χ2v) is 11.6. The van der Waals surface area contributed by atoms with E-state index in [1.807, 2.05) is 6.07 Å². The lowest BCUT2D eigenvalue weighted by Gasteiger charge is -2.18. The van der Waals surface area contributed by atoms with E-state index in [1.54, 1.807) is 0 Å². The molecule has 204 valence electrons. The highest BCUT2D eigenvalue weighted by atomic mass is 16.3. The number of hydrogen-bond donors (Lipinski definition) is 0. The molecular formula is C42H24O2. The Kier molecular flexibility index (Phi) is 4.75. The van der Waals surface area contributed by atoms with Crippen LogP contribution < -0.4 is 0 Å². The van der Waals surface area contributed by atoms with Gasteiger partial charge in [0.1, 0.15) is 22.3 Å². The van der Waals surface area contributed by atoms with E-state index in [2.05, 4.69) is 140 Å². The van der Waals surface area contributed by atoms with E-state index >= 15 is 0 Å². The molecule has 0 bridgehead atoms. The van der Waals surface area contributed by atoms with Gasteiger partial charge in [0.05, 0.1) is 0 Å². The Balaban J connectivity index is 1.35. The molecule has 0 N–H and O–H groups in total. The van der Waals surface area contributed by atoms with Gasteiger partial charge in [0.25, 0.3) is 0 Å². The zero-order valence-corrected chi connectivity index (χ0v) is 23.7. The molecule has 0 amide bonds. The van der Waals surface area contributed by atoms with Crippen LogP contribution in [-0.4, -0.2) is 0 Å². The van der Waals surface area contributed by atoms with Crippen LogP contribution in [0.3, 0.4) is 0 Å². The molecule has 2 heterocycles. The molecule has 8 aromatic carbocycles. The second-order valence-electron chi connectivity index (χ2n) is 11.6. The first-order chi connectivity index (χ1) is 21.8. The summed E-state index contributed by atoms with van der Waals surface area (Å²) < 4.78 is 13.1. The van der Waals surface area contributed by atoms with Crippen LogP contribution in [0, 0.1) is 0 Å². The van der Waals surface area contributed by atoms with Gasteiger partial charge in [-0.15, -0.1) is 0 Å². The van der Waals surface area contributed by atoms with Gasteiger partial charge in [0.2, 0.25) is 0 Å². The van der Waals surface area contributed by atoms with Gasteiger partial charge in [0.15, 0.2) is 0 Å². The van der Waals surface area contributed by atoms with Crippen molar-refractivity contribution in [3.63, 3.8) is 0 Å². The van der Waals surface area contributed by atoms with Crippen LogP contribution in [0.15, 0.2) is 154 Å². The normalized spacial score (nSPS) is 12.1. The van der Waals surface area contributed by atoms with Gasteiger partial charge in [-0.3, -0.25) is 0 Å². The van der Waals surface area contributed by atoms with Gasteiger partial charge in [0, 0.05) is 32.7 Å². The fourth-order valence-electron chi connectivity index (χ4n) is 7.37. The molecule has 0 aliphatic rings. The van der Waals surface area contributed by atoms with Crippen LogP contribution in [0.1, 0.15) is 0 Å². The van der Waals surface area contributed by atoms with Crippen molar-refractivity contribution in [2.45, 2.75) is 0 Å². The molecule has 0 radical (unpaired) electrons. The zero-order valence-electron chi connectivity index (χ0n) is 23.7. The molecule has 2 nitrogen and oxygen atoms in total. The molecule has 0 aliphatic heterocycles. The lowest BCUT2D eigenvalue weighted by molar-refractivity contribution is 0.669. The summed E-state index contributed by atoms with van der Waals surface area (Å²) in [7, 11) is 0. The van der Waals surface area contributed by atoms with Crippen molar-refractivity contribution in [1.29, 1.82) is 0 Å². The molecule has 0 saturated carbocycles. The predicted octanol–water partition coefficient (Wildman–Crippen LogP) is 12.3. The Labute approximate surface area is 252 Å². The summed E-state index contributed by atoms with van der Waals surface area (Å²) >= 11 is 0. The van der Waals surface area contributed by atoms with E-state index < -0.39 is 0 Å². The van der Waals surface area contributed by atoms with Crippen molar-refractivity contribution in [3.8, 4) is 22.3 Å². The molecule has 0 fully saturated rings. The third-order valence-corrected chi connectivity index (χ3v) is 9.24. The van der Waals surface area contributed by atoms with Crippen molar-refractivity contribution in [2.24, 2.45) is 0 Å². The molecule has 44 heavy (non-hydrogen) atoms. The summed E-state index contributed by atoms with van der Waals surface area (Å²) in [6, 6.07) is 51.8. The SMILES string of the molecule is c1ccc2cc3c(cc2c1)oc1c(-c2c4ccccc4c(-c4cccc5oc6ccccc6c45)c4ccccc24)cccc13. The summed E-state index contributed by atoms with van der Waals surface area (Å²) in [5.41, 5.74) is 8.34. The molecule has 2 heteroatoms. The second kappa shape index (κ2) is 8.82. The number of para-hydroxylation sites is 2. The highest BCUT2D eigenvalue weighted by Gasteiger charge is 2.22. The molecule has 0 atom stereocenters. The van der Waals surface area contributed by atoms with Crippen molar-refractivity contribution < 1.29 is 8.83 Å². The Bertz CT molecular complexity index is 2720. The van der Waals surface area contributed by atoms with Crippen LogP contribution in [0.5, 0.6) is 0 Å². The van der Waals surface area contributed by atoms with E-state index in [1.165, 1.54) is 49.0 Å². The summed E-state index contributed by atoms with van der Waals surface area (Å²) in [5, 5.41) is 11.8. The minimum atomic E-state index is 0.903. The van der Waals surface area contributed by atoms with Crippen molar-refractivity contribution >= 4 is 76.2 Å². The number of benzene rings is 8. The number of hydrogen-bond acceptors (Lipinski definition) is 2. The molecule has 2 aromatic heterocycles. The highest BCUT2D eigenvalue weighted by Crippen LogP contribution is 2.48. The number of fused-ring (bicyclic) bond motifs is 9. The monoisotopic (exact) mass is 560 g/mol. The molecule has 0 saturated heterocycles. The first-order valence-electron chi connectivity index (χ1n) is 15.0. The van der Waals surface area contributed by atoms with Crippen molar-refractivity contribution in [2.75, 3.05) is 0 Å². The number of furan rings is 2. The smallest absolute Gasteiger partial charge is 0.143 e. The van der Waals surface area contributed by atoms with Crippen LogP contribution in [0.25, 0.3) is 98.4 Å². The Hall–Kier alpha value is -5.86. The molecular weight excluding hydrogens is 536 g/mol. The standard InChI is InChI=1S/C42H24O2/c1-2-12-26-24-38-35(23-25(26)11-1)31-18-9-20-34(42(31)44-38)40-29-15-5-3-13-27(29)39(28-14-4-6-16-30(28)40)33-19-10-22-37-41(33)32-17-7-8-21-36(32)43-37/h1-24H. The Morgan fingerprint density at radius 2 is 0.841 bits per heavy atom. The Morgan fingerprint density at radius 3 is 1.57 bits per heavy atom. The van der Waals surface area contributed by atoms with Gasteiger partial charge in [-0.05, 0) is 67.7 Å². The van der Waals surface area contributed by atoms with E-state index in [4.69, 9.17) is 8.83 Å². The van der Waals surface area contributed by atoms with Crippen molar-refractivity contribution in [1.82, 2.24) is 0 Å². The topological polar surface area (TPSA) is 26.3 Å². The van der Waals surface area contributed by atoms with E-state index in [0.29, 0.717) is 0 Å². The van der Waals surface area contributed by atoms with Gasteiger partial charge < -0.3 is 8.83 Å². The van der Waals surface area contributed by atoms with Crippen LogP contribution in [-0.2, 0) is 0 Å². The summed E-state index contributed by atoms with van der Waals surface area (Å²) in [5.74, 6) is 0. The Morgan fingerprint density at radius 1 is 0.318 bits per heavy atom. The molecule has 0 aliphatic carbocycles. The molecule has 0 spiro atoms. The van der Waals surface area contributed by atoms with E-state index in [-0.39, 0.29) is 0 Å². The van der Waals surface area contributed by atoms with Gasteiger partial charge in [-0.2, -0.15) is 0 Å². The lowest BCUT2D eigenvalue weighted by atomic mass is 9.84. The molecule has 10 rings (SSSR count). The molecule has 10 aromatic rings. The lowest BCUT2D eigenvalue weighted by Crippen LogP contribution is -1.91. The maximum Gasteiger partial charge on any atom is 0.143 e. The van der Waals surface area contributed by atoms with Crippen LogP contribution in [0.4, 0.5) is 0 Å². The van der Waals surface area contributed by atoms with Gasteiger partial charge >= 0.3 is 0 Å². The average molecular weight is 561 g/mol. The maximum absolute atomic E-state index is 6.74. The fraction of sp³-hybridized carbons (Fsp3) is 0. The number of rotatable bonds is 2. The predicted molar refractivity (Wildman–Crippen MR) is 184 cm³/mol. The van der Waals surface area contributed by atoms with Gasteiger partial charge in [-0.25, -0.2) is 0 Å². The van der Waals surface area contributed by atoms with Crippen LogP contribution >= 0.6 is 0 Å². The fourth-order valence-corrected chi connectivity index (χ4v) is 7.37. The average Bonchev–Trinajstić information content (AvgIpc) is 3.64. The van der Waals surface area contributed by atoms with Gasteiger partial charge in [-0.1, -0.05) is 121 Å². The highest BCUT2D eigenvalue weighted by molar-refractivity contribution is 6.27. The maximum atomic E-state index is 6.74. The van der Waals surface area contributed by atoms with Crippen molar-refractivity contribution in [3.05, 3.63) is 146 Å². The van der Waals surface area contributed by atoms with Crippen LogP contribution in [0.2, 0.25) is 0 Å². The largest absolute Gasteiger partial charge is 0.456 e. The third-order valence-electron chi connectivity index (χ3n) is 9.24. The summed E-state index contributed by atoms with van der Waals surface area (Å²) in [6.07, 6.45) is 0. The van der Waals surface area contributed by atoms with E-state index in [9.17, 15) is 0 Å². The first-order valence-corrected chi connectivity index (χ1v) is 15.0. The minimum Gasteiger partial charge on any atom is -0.456 e. The first kappa shape index (κ1) is 23.7. The minimum absolute atomic E-state index is 0.903. The zero-order chi connectivity index (χ0) is 28.8. The van der Waals surface area contributed by atoms with E-state index in [0.717, 1.165) is 49.4 Å². The summed E-state index contributed by atoms with van der Waals surface area (Å²) in [6.45, 7) is 0. The quantitative estimate of drug-likeness (QED) is 0.197.